The fourth-order valence-electron chi connectivity index (χ4n) is 1.05. The Morgan fingerprint density at radius 1 is 1.42 bits per heavy atom. The van der Waals surface area contributed by atoms with E-state index in [0.717, 1.165) is 0 Å². The summed E-state index contributed by atoms with van der Waals surface area (Å²) in [5.74, 6) is 6.48. The van der Waals surface area contributed by atoms with Crippen molar-refractivity contribution >= 4 is 17.0 Å². The molecule has 6 heteroatoms. The first-order valence-corrected chi connectivity index (χ1v) is 3.40. The van der Waals surface area contributed by atoms with Crippen LogP contribution in [0.3, 0.4) is 0 Å². The smallest absolute Gasteiger partial charge is 0.184 e. The van der Waals surface area contributed by atoms with E-state index in [9.17, 15) is 0 Å². The molecule has 4 N–H and O–H groups in total. The van der Waals surface area contributed by atoms with Crippen molar-refractivity contribution in [1.82, 2.24) is 19.6 Å². The molecule has 0 spiro atoms. The van der Waals surface area contributed by atoms with Gasteiger partial charge in [-0.1, -0.05) is 0 Å². The Hall–Kier alpha value is -1.85. The van der Waals surface area contributed by atoms with Gasteiger partial charge < -0.3 is 11.6 Å². The van der Waals surface area contributed by atoms with Gasteiger partial charge in [0.25, 0.3) is 0 Å². The standard InChI is InChI=1S/C6H8N6/c1-3-10-5(7)4-6(11-3)12(8)2-9-4/h2H,8H2,1H3,(H2,7,10,11). The summed E-state index contributed by atoms with van der Waals surface area (Å²) in [6, 6.07) is 0. The highest BCUT2D eigenvalue weighted by Gasteiger charge is 2.06. The third-order valence-corrected chi connectivity index (χ3v) is 1.56. The number of aryl methyl sites for hydroxylation is 1. The van der Waals surface area contributed by atoms with Gasteiger partial charge in [0.2, 0.25) is 0 Å². The summed E-state index contributed by atoms with van der Waals surface area (Å²) < 4.78 is 1.32. The maximum Gasteiger partial charge on any atom is 0.184 e. The van der Waals surface area contributed by atoms with Crippen molar-refractivity contribution in [3.05, 3.63) is 12.2 Å². The molecule has 0 saturated carbocycles. The molecule has 2 rings (SSSR count). The Morgan fingerprint density at radius 2 is 2.17 bits per heavy atom. The first kappa shape index (κ1) is 6.84. The number of rotatable bonds is 0. The van der Waals surface area contributed by atoms with Gasteiger partial charge in [0.05, 0.1) is 0 Å². The molecule has 2 aromatic rings. The Kier molecular flexibility index (Phi) is 1.18. The van der Waals surface area contributed by atoms with Crippen LogP contribution in [0.25, 0.3) is 11.2 Å². The summed E-state index contributed by atoms with van der Waals surface area (Å²) in [4.78, 5) is 12.0. The number of nitrogens with zero attached hydrogens (tertiary/aromatic N) is 4. The Labute approximate surface area is 68.2 Å². The van der Waals surface area contributed by atoms with E-state index in [1.54, 1.807) is 6.92 Å². The van der Waals surface area contributed by atoms with Gasteiger partial charge >= 0.3 is 0 Å². The summed E-state index contributed by atoms with van der Waals surface area (Å²) in [6.45, 7) is 1.75. The SMILES string of the molecule is Cc1nc(N)c2ncn(N)c2n1. The van der Waals surface area contributed by atoms with E-state index >= 15 is 0 Å². The Balaban J connectivity index is 2.92. The third-order valence-electron chi connectivity index (χ3n) is 1.56. The van der Waals surface area contributed by atoms with Crippen LogP contribution < -0.4 is 11.6 Å². The minimum Gasteiger partial charge on any atom is -0.382 e. The fraction of sp³-hybridized carbons (Fsp3) is 0.167. The Morgan fingerprint density at radius 3 is 2.92 bits per heavy atom. The highest BCUT2D eigenvalue weighted by Crippen LogP contribution is 2.13. The topological polar surface area (TPSA) is 95.6 Å². The third kappa shape index (κ3) is 0.777. The predicted molar refractivity (Wildman–Crippen MR) is 44.6 cm³/mol. The molecular formula is C6H8N6. The molecule has 0 atom stereocenters. The molecular weight excluding hydrogens is 156 g/mol. The largest absolute Gasteiger partial charge is 0.382 e. The molecule has 0 aliphatic heterocycles. The molecule has 0 unspecified atom stereocenters. The molecule has 0 aliphatic rings. The van der Waals surface area contributed by atoms with Crippen molar-refractivity contribution in [1.29, 1.82) is 0 Å². The van der Waals surface area contributed by atoms with Gasteiger partial charge in [0.1, 0.15) is 12.2 Å². The second kappa shape index (κ2) is 2.07. The molecule has 0 amide bonds. The van der Waals surface area contributed by atoms with Gasteiger partial charge in [-0.15, -0.1) is 0 Å². The van der Waals surface area contributed by atoms with E-state index < -0.39 is 0 Å². The molecule has 0 aromatic carbocycles. The fourth-order valence-corrected chi connectivity index (χ4v) is 1.05. The van der Waals surface area contributed by atoms with Crippen molar-refractivity contribution in [2.24, 2.45) is 0 Å². The molecule has 0 fully saturated rings. The first-order valence-electron chi connectivity index (χ1n) is 3.40. The van der Waals surface area contributed by atoms with Crippen molar-refractivity contribution in [2.75, 3.05) is 11.6 Å². The van der Waals surface area contributed by atoms with Crippen LogP contribution >= 0.6 is 0 Å². The highest BCUT2D eigenvalue weighted by atomic mass is 15.3. The zero-order valence-electron chi connectivity index (χ0n) is 6.52. The van der Waals surface area contributed by atoms with E-state index in [4.69, 9.17) is 11.6 Å². The molecule has 0 radical (unpaired) electrons. The van der Waals surface area contributed by atoms with Gasteiger partial charge in [-0.3, -0.25) is 0 Å². The number of fused-ring (bicyclic) bond motifs is 1. The number of anilines is 1. The lowest BCUT2D eigenvalue weighted by Gasteiger charge is -1.97. The molecule has 62 valence electrons. The van der Waals surface area contributed by atoms with E-state index in [1.807, 2.05) is 0 Å². The van der Waals surface area contributed by atoms with Crippen molar-refractivity contribution in [2.45, 2.75) is 6.92 Å². The number of hydrogen-bond donors (Lipinski definition) is 2. The summed E-state index contributed by atoms with van der Waals surface area (Å²) in [6.07, 6.45) is 1.45. The molecule has 12 heavy (non-hydrogen) atoms. The van der Waals surface area contributed by atoms with Crippen molar-refractivity contribution in [3.63, 3.8) is 0 Å². The molecule has 0 bridgehead atoms. The van der Waals surface area contributed by atoms with Gasteiger partial charge in [-0.2, -0.15) is 0 Å². The van der Waals surface area contributed by atoms with E-state index in [-0.39, 0.29) is 0 Å². The van der Waals surface area contributed by atoms with Gasteiger partial charge in [-0.05, 0) is 6.92 Å². The van der Waals surface area contributed by atoms with Crippen LogP contribution in [-0.2, 0) is 0 Å². The molecule has 6 nitrogen and oxygen atoms in total. The second-order valence-corrected chi connectivity index (χ2v) is 2.48. The van der Waals surface area contributed by atoms with E-state index in [0.29, 0.717) is 22.8 Å². The number of nitrogens with two attached hydrogens (primary N) is 2. The maximum absolute atomic E-state index is 5.59. The highest BCUT2D eigenvalue weighted by molar-refractivity contribution is 5.81. The summed E-state index contributed by atoms with van der Waals surface area (Å²) in [5.41, 5.74) is 6.69. The van der Waals surface area contributed by atoms with Crippen LogP contribution in [-0.4, -0.2) is 19.6 Å². The minimum absolute atomic E-state index is 0.363. The Bertz CT molecular complexity index is 431. The van der Waals surface area contributed by atoms with E-state index in [1.165, 1.54) is 11.0 Å². The number of nitrogen functional groups attached to an aromatic ring is 2. The predicted octanol–water partition coefficient (Wildman–Crippen LogP) is -0.569. The van der Waals surface area contributed by atoms with Crippen molar-refractivity contribution in [3.8, 4) is 0 Å². The lowest BCUT2D eigenvalue weighted by molar-refractivity contribution is 0.991. The van der Waals surface area contributed by atoms with Gasteiger partial charge in [0, 0.05) is 0 Å². The van der Waals surface area contributed by atoms with E-state index in [2.05, 4.69) is 15.0 Å². The average Bonchev–Trinajstić information content (AvgIpc) is 2.33. The lowest BCUT2D eigenvalue weighted by Crippen LogP contribution is -2.08. The number of aromatic nitrogens is 4. The average molecular weight is 164 g/mol. The van der Waals surface area contributed by atoms with Crippen LogP contribution in [0, 0.1) is 6.92 Å². The van der Waals surface area contributed by atoms with Crippen LogP contribution in [0.15, 0.2) is 6.33 Å². The molecule has 0 saturated heterocycles. The summed E-state index contributed by atoms with van der Waals surface area (Å²) in [5, 5.41) is 0. The quantitative estimate of drug-likeness (QED) is 0.508. The van der Waals surface area contributed by atoms with Gasteiger partial charge in [0.15, 0.2) is 17.0 Å². The lowest BCUT2D eigenvalue weighted by atomic mass is 10.5. The zero-order valence-corrected chi connectivity index (χ0v) is 6.52. The maximum atomic E-state index is 5.59. The number of imidazole rings is 1. The molecule has 2 aromatic heterocycles. The van der Waals surface area contributed by atoms with Crippen molar-refractivity contribution < 1.29 is 0 Å². The van der Waals surface area contributed by atoms with Crippen LogP contribution in [0.4, 0.5) is 5.82 Å². The second-order valence-electron chi connectivity index (χ2n) is 2.48. The monoisotopic (exact) mass is 164 g/mol. The first-order chi connectivity index (χ1) is 5.68. The minimum atomic E-state index is 0.363. The van der Waals surface area contributed by atoms with Crippen LogP contribution in [0.5, 0.6) is 0 Å². The normalized spacial score (nSPS) is 10.8. The van der Waals surface area contributed by atoms with Crippen LogP contribution in [0.2, 0.25) is 0 Å². The summed E-state index contributed by atoms with van der Waals surface area (Å²) >= 11 is 0. The van der Waals surface area contributed by atoms with Gasteiger partial charge in [-0.25, -0.2) is 19.6 Å². The summed E-state index contributed by atoms with van der Waals surface area (Å²) in [7, 11) is 0. The molecule has 0 aliphatic carbocycles. The number of hydrogen-bond acceptors (Lipinski definition) is 5. The molecule has 2 heterocycles. The zero-order chi connectivity index (χ0) is 8.72. The van der Waals surface area contributed by atoms with Crippen LogP contribution in [0.1, 0.15) is 5.82 Å².